The van der Waals surface area contributed by atoms with Crippen molar-refractivity contribution in [3.63, 3.8) is 0 Å². The summed E-state index contributed by atoms with van der Waals surface area (Å²) in [5.74, 6) is 0. The van der Waals surface area contributed by atoms with Crippen molar-refractivity contribution in [2.24, 2.45) is 5.41 Å². The molecule has 1 heterocycles. The van der Waals surface area contributed by atoms with Crippen LogP contribution in [0.4, 0.5) is 5.13 Å². The Morgan fingerprint density at radius 3 is 3.00 bits per heavy atom. The zero-order valence-corrected chi connectivity index (χ0v) is 11.2. The van der Waals surface area contributed by atoms with Gasteiger partial charge in [-0.3, -0.25) is 0 Å². The van der Waals surface area contributed by atoms with Crippen LogP contribution >= 0.6 is 27.3 Å². The van der Waals surface area contributed by atoms with Gasteiger partial charge in [0.15, 0.2) is 5.13 Å². The Morgan fingerprint density at radius 1 is 1.67 bits per heavy atom. The third-order valence-electron chi connectivity index (χ3n) is 2.88. The average Bonchev–Trinajstić information content (AvgIpc) is 2.89. The number of hydrogen-bond acceptors (Lipinski definition) is 4. The van der Waals surface area contributed by atoms with Gasteiger partial charge in [-0.1, -0.05) is 0 Å². The third kappa shape index (κ3) is 3.16. The fourth-order valence-corrected chi connectivity index (χ4v) is 2.75. The van der Waals surface area contributed by atoms with Crippen LogP contribution in [0.1, 0.15) is 19.3 Å². The molecule has 3 nitrogen and oxygen atoms in total. The molecule has 0 unspecified atom stereocenters. The molecule has 1 aliphatic carbocycles. The largest absolute Gasteiger partial charge is 0.385 e. The molecule has 0 bridgehead atoms. The SMILES string of the molecule is COCCC1(CNc2nc(Br)cs2)CC1. The van der Waals surface area contributed by atoms with E-state index in [9.17, 15) is 0 Å². The van der Waals surface area contributed by atoms with Crippen molar-refractivity contribution in [1.82, 2.24) is 4.98 Å². The smallest absolute Gasteiger partial charge is 0.183 e. The molecule has 0 spiro atoms. The standard InChI is InChI=1S/C10H15BrN2OS/c1-14-5-4-10(2-3-10)7-12-9-13-8(11)6-15-9/h6H,2-5,7H2,1H3,(H,12,13). The second kappa shape index (κ2) is 4.80. The normalized spacial score (nSPS) is 17.7. The summed E-state index contributed by atoms with van der Waals surface area (Å²) < 4.78 is 6.04. The minimum absolute atomic E-state index is 0.480. The third-order valence-corrected chi connectivity index (χ3v) is 4.39. The van der Waals surface area contributed by atoms with Crippen LogP contribution < -0.4 is 5.32 Å². The lowest BCUT2D eigenvalue weighted by molar-refractivity contribution is 0.175. The number of methoxy groups -OCH3 is 1. The van der Waals surface area contributed by atoms with E-state index in [-0.39, 0.29) is 0 Å². The maximum Gasteiger partial charge on any atom is 0.183 e. The second-order valence-corrected chi connectivity index (χ2v) is 5.74. The Morgan fingerprint density at radius 2 is 2.47 bits per heavy atom. The van der Waals surface area contributed by atoms with E-state index in [1.807, 2.05) is 5.38 Å². The van der Waals surface area contributed by atoms with Gasteiger partial charge in [0, 0.05) is 25.6 Å². The average molecular weight is 291 g/mol. The molecule has 1 saturated carbocycles. The number of ether oxygens (including phenoxy) is 1. The fourth-order valence-electron chi connectivity index (χ4n) is 1.61. The Labute approximate surface area is 102 Å². The highest BCUT2D eigenvalue weighted by atomic mass is 79.9. The molecule has 15 heavy (non-hydrogen) atoms. The predicted molar refractivity (Wildman–Crippen MR) is 66.5 cm³/mol. The Hall–Kier alpha value is -0.130. The number of aromatic nitrogens is 1. The van der Waals surface area contributed by atoms with Crippen molar-refractivity contribution in [3.8, 4) is 0 Å². The molecule has 84 valence electrons. The quantitative estimate of drug-likeness (QED) is 0.874. The number of halogens is 1. The summed E-state index contributed by atoms with van der Waals surface area (Å²) in [6.07, 6.45) is 3.79. The van der Waals surface area contributed by atoms with Crippen LogP contribution in [-0.2, 0) is 4.74 Å². The van der Waals surface area contributed by atoms with E-state index >= 15 is 0 Å². The number of nitrogens with zero attached hydrogens (tertiary/aromatic N) is 1. The summed E-state index contributed by atoms with van der Waals surface area (Å²) in [6.45, 7) is 1.89. The van der Waals surface area contributed by atoms with Crippen LogP contribution in [0.15, 0.2) is 9.98 Å². The summed E-state index contributed by atoms with van der Waals surface area (Å²) >= 11 is 4.99. The molecular weight excluding hydrogens is 276 g/mol. The zero-order valence-electron chi connectivity index (χ0n) is 8.75. The van der Waals surface area contributed by atoms with E-state index in [2.05, 4.69) is 26.2 Å². The zero-order chi connectivity index (χ0) is 10.7. The van der Waals surface area contributed by atoms with Gasteiger partial charge in [0.25, 0.3) is 0 Å². The monoisotopic (exact) mass is 290 g/mol. The Kier molecular flexibility index (Phi) is 3.64. The highest BCUT2D eigenvalue weighted by molar-refractivity contribution is 9.10. The number of hydrogen-bond donors (Lipinski definition) is 1. The van der Waals surface area contributed by atoms with Gasteiger partial charge in [0.1, 0.15) is 4.60 Å². The van der Waals surface area contributed by atoms with Crippen LogP contribution in [0.2, 0.25) is 0 Å². The van der Waals surface area contributed by atoms with Crippen molar-refractivity contribution in [2.75, 3.05) is 25.6 Å². The maximum absolute atomic E-state index is 5.13. The van der Waals surface area contributed by atoms with Gasteiger partial charge in [0.2, 0.25) is 0 Å². The van der Waals surface area contributed by atoms with Crippen LogP contribution in [0.5, 0.6) is 0 Å². The molecule has 0 amide bonds. The number of thiazole rings is 1. The molecule has 0 radical (unpaired) electrons. The van der Waals surface area contributed by atoms with Gasteiger partial charge in [-0.15, -0.1) is 11.3 Å². The molecule has 5 heteroatoms. The van der Waals surface area contributed by atoms with Gasteiger partial charge in [-0.05, 0) is 40.6 Å². The molecule has 0 atom stereocenters. The Bertz CT molecular complexity index is 325. The first kappa shape index (κ1) is 11.4. The summed E-state index contributed by atoms with van der Waals surface area (Å²) in [4.78, 5) is 4.31. The number of anilines is 1. The van der Waals surface area contributed by atoms with Gasteiger partial charge >= 0.3 is 0 Å². The first-order chi connectivity index (χ1) is 7.24. The molecule has 0 aromatic carbocycles. The molecule has 0 aliphatic heterocycles. The molecule has 1 N–H and O–H groups in total. The van der Waals surface area contributed by atoms with Gasteiger partial charge in [0.05, 0.1) is 0 Å². The van der Waals surface area contributed by atoms with Gasteiger partial charge < -0.3 is 10.1 Å². The molecule has 1 aliphatic rings. The lowest BCUT2D eigenvalue weighted by Gasteiger charge is -2.14. The molecule has 1 aromatic heterocycles. The predicted octanol–water partition coefficient (Wildman–Crippen LogP) is 3.13. The molecular formula is C10H15BrN2OS. The van der Waals surface area contributed by atoms with Crippen LogP contribution in [0.3, 0.4) is 0 Å². The van der Waals surface area contributed by atoms with Crippen molar-refractivity contribution < 1.29 is 4.74 Å². The van der Waals surface area contributed by atoms with Crippen molar-refractivity contribution in [2.45, 2.75) is 19.3 Å². The van der Waals surface area contributed by atoms with Crippen molar-refractivity contribution in [1.29, 1.82) is 0 Å². The lowest BCUT2D eigenvalue weighted by Crippen LogP contribution is -2.17. The second-order valence-electron chi connectivity index (χ2n) is 4.07. The topological polar surface area (TPSA) is 34.1 Å². The van der Waals surface area contributed by atoms with Crippen LogP contribution in [0, 0.1) is 5.41 Å². The molecule has 2 rings (SSSR count). The lowest BCUT2D eigenvalue weighted by atomic mass is 10.0. The van der Waals surface area contributed by atoms with E-state index in [1.165, 1.54) is 12.8 Å². The first-order valence-corrected chi connectivity index (χ1v) is 6.75. The van der Waals surface area contributed by atoms with Crippen LogP contribution in [-0.4, -0.2) is 25.2 Å². The van der Waals surface area contributed by atoms with E-state index in [0.29, 0.717) is 5.41 Å². The maximum atomic E-state index is 5.13. The summed E-state index contributed by atoms with van der Waals surface area (Å²) in [7, 11) is 1.77. The van der Waals surface area contributed by atoms with E-state index < -0.39 is 0 Å². The van der Waals surface area contributed by atoms with Crippen LogP contribution in [0.25, 0.3) is 0 Å². The van der Waals surface area contributed by atoms with Gasteiger partial charge in [-0.25, -0.2) is 4.98 Å². The van der Waals surface area contributed by atoms with E-state index in [1.54, 1.807) is 18.4 Å². The number of rotatable bonds is 6. The summed E-state index contributed by atoms with van der Waals surface area (Å²) in [5, 5.41) is 6.40. The molecule has 1 aromatic rings. The number of nitrogens with one attached hydrogen (secondary N) is 1. The summed E-state index contributed by atoms with van der Waals surface area (Å²) in [5.41, 5.74) is 0.480. The van der Waals surface area contributed by atoms with Gasteiger partial charge in [-0.2, -0.15) is 0 Å². The Balaban J connectivity index is 1.78. The van der Waals surface area contributed by atoms with Crippen molar-refractivity contribution in [3.05, 3.63) is 9.98 Å². The fraction of sp³-hybridized carbons (Fsp3) is 0.700. The van der Waals surface area contributed by atoms with E-state index in [0.717, 1.165) is 29.3 Å². The summed E-state index contributed by atoms with van der Waals surface area (Å²) in [6, 6.07) is 0. The highest BCUT2D eigenvalue weighted by Crippen LogP contribution is 2.48. The van der Waals surface area contributed by atoms with Crippen molar-refractivity contribution >= 4 is 32.4 Å². The highest BCUT2D eigenvalue weighted by Gasteiger charge is 2.41. The minimum Gasteiger partial charge on any atom is -0.385 e. The molecule has 1 fully saturated rings. The first-order valence-electron chi connectivity index (χ1n) is 5.08. The molecule has 0 saturated heterocycles. The minimum atomic E-state index is 0.480. The van der Waals surface area contributed by atoms with E-state index in [4.69, 9.17) is 4.74 Å².